The van der Waals surface area contributed by atoms with Crippen molar-refractivity contribution >= 4 is 0 Å². The molecule has 0 radical (unpaired) electrons. The highest BCUT2D eigenvalue weighted by molar-refractivity contribution is 4.89. The van der Waals surface area contributed by atoms with Crippen molar-refractivity contribution in [1.82, 2.24) is 10.2 Å². The predicted molar refractivity (Wildman–Crippen MR) is 76.8 cm³/mol. The van der Waals surface area contributed by atoms with Crippen LogP contribution < -0.4 is 5.32 Å². The number of likely N-dealkylation sites (tertiary alicyclic amines) is 1. The number of hydrogen-bond donors (Lipinski definition) is 1. The zero-order valence-electron chi connectivity index (χ0n) is 11.9. The summed E-state index contributed by atoms with van der Waals surface area (Å²) >= 11 is 0. The second kappa shape index (κ2) is 6.38. The molecule has 104 valence electrons. The molecule has 2 heteroatoms. The zero-order valence-corrected chi connectivity index (χ0v) is 11.9. The summed E-state index contributed by atoms with van der Waals surface area (Å²) in [5, 5.41) is 3.54. The van der Waals surface area contributed by atoms with E-state index in [4.69, 9.17) is 0 Å². The Balaban J connectivity index is 1.68. The van der Waals surface area contributed by atoms with Gasteiger partial charge in [0.1, 0.15) is 0 Å². The normalized spacial score (nSPS) is 33.7. The molecule has 0 aromatic carbocycles. The van der Waals surface area contributed by atoms with Crippen LogP contribution in [0.1, 0.15) is 64.2 Å². The Morgan fingerprint density at radius 2 is 1.44 bits per heavy atom. The second-order valence-corrected chi connectivity index (χ2v) is 6.68. The van der Waals surface area contributed by atoms with Gasteiger partial charge in [-0.15, -0.1) is 0 Å². The van der Waals surface area contributed by atoms with Gasteiger partial charge in [0.25, 0.3) is 0 Å². The predicted octanol–water partition coefficient (Wildman–Crippen LogP) is 3.17. The van der Waals surface area contributed by atoms with Crippen LogP contribution in [-0.4, -0.2) is 36.6 Å². The first-order valence-corrected chi connectivity index (χ1v) is 8.41. The molecule has 1 N–H and O–H groups in total. The molecule has 0 amide bonds. The van der Waals surface area contributed by atoms with Gasteiger partial charge in [0.15, 0.2) is 0 Å². The lowest BCUT2D eigenvalue weighted by molar-refractivity contribution is 0.0809. The summed E-state index contributed by atoms with van der Waals surface area (Å²) in [7, 11) is 0. The number of nitrogens with one attached hydrogen (secondary N) is 1. The first kappa shape index (κ1) is 12.9. The first-order chi connectivity index (χ1) is 8.95. The summed E-state index contributed by atoms with van der Waals surface area (Å²) in [5.74, 6) is 0.991. The van der Waals surface area contributed by atoms with Crippen LogP contribution in [0.4, 0.5) is 0 Å². The van der Waals surface area contributed by atoms with E-state index >= 15 is 0 Å². The molecule has 18 heavy (non-hydrogen) atoms. The molecular formula is C16H30N2. The van der Waals surface area contributed by atoms with Gasteiger partial charge in [0, 0.05) is 12.1 Å². The molecule has 3 aliphatic rings. The van der Waals surface area contributed by atoms with Crippen molar-refractivity contribution < 1.29 is 0 Å². The molecule has 3 fully saturated rings. The zero-order chi connectivity index (χ0) is 12.2. The molecule has 0 aromatic rings. The second-order valence-electron chi connectivity index (χ2n) is 6.68. The quantitative estimate of drug-likeness (QED) is 0.810. The van der Waals surface area contributed by atoms with Crippen LogP contribution in [0.3, 0.4) is 0 Å². The maximum absolute atomic E-state index is 3.54. The SMILES string of the molecule is C1CCC(C2CCNCC2)N(C2CCCC2)CC1. The van der Waals surface area contributed by atoms with E-state index in [0.717, 1.165) is 18.0 Å². The minimum absolute atomic E-state index is 0.928. The van der Waals surface area contributed by atoms with Crippen LogP contribution in [-0.2, 0) is 0 Å². The van der Waals surface area contributed by atoms with Gasteiger partial charge >= 0.3 is 0 Å². The van der Waals surface area contributed by atoms with Gasteiger partial charge < -0.3 is 5.32 Å². The van der Waals surface area contributed by atoms with Crippen molar-refractivity contribution in [2.75, 3.05) is 19.6 Å². The molecule has 1 aliphatic carbocycles. The van der Waals surface area contributed by atoms with E-state index in [2.05, 4.69) is 10.2 Å². The molecule has 2 aliphatic heterocycles. The van der Waals surface area contributed by atoms with Crippen LogP contribution in [0.25, 0.3) is 0 Å². The molecule has 1 unspecified atom stereocenters. The van der Waals surface area contributed by atoms with Crippen molar-refractivity contribution in [1.29, 1.82) is 0 Å². The first-order valence-electron chi connectivity index (χ1n) is 8.41. The monoisotopic (exact) mass is 250 g/mol. The van der Waals surface area contributed by atoms with Gasteiger partial charge in [0.2, 0.25) is 0 Å². The van der Waals surface area contributed by atoms with Gasteiger partial charge in [-0.05, 0) is 64.1 Å². The lowest BCUT2D eigenvalue weighted by atomic mass is 9.86. The van der Waals surface area contributed by atoms with Gasteiger partial charge in [-0.25, -0.2) is 0 Å². The Morgan fingerprint density at radius 1 is 0.722 bits per heavy atom. The minimum Gasteiger partial charge on any atom is -0.317 e. The third-order valence-corrected chi connectivity index (χ3v) is 5.56. The average molecular weight is 250 g/mol. The van der Waals surface area contributed by atoms with E-state index < -0.39 is 0 Å². The summed E-state index contributed by atoms with van der Waals surface area (Å²) in [6.07, 6.45) is 14.7. The Hall–Kier alpha value is -0.0800. The van der Waals surface area contributed by atoms with Crippen LogP contribution in [0, 0.1) is 5.92 Å². The maximum atomic E-state index is 3.54. The van der Waals surface area contributed by atoms with E-state index in [0.29, 0.717) is 0 Å². The average Bonchev–Trinajstić information content (AvgIpc) is 2.84. The number of rotatable bonds is 2. The lowest BCUT2D eigenvalue weighted by Gasteiger charge is -2.41. The molecule has 2 saturated heterocycles. The fourth-order valence-corrected chi connectivity index (χ4v) is 4.58. The van der Waals surface area contributed by atoms with E-state index in [1.54, 1.807) is 0 Å². The number of hydrogen-bond acceptors (Lipinski definition) is 2. The van der Waals surface area contributed by atoms with Crippen LogP contribution in [0.15, 0.2) is 0 Å². The van der Waals surface area contributed by atoms with E-state index in [-0.39, 0.29) is 0 Å². The van der Waals surface area contributed by atoms with E-state index in [1.165, 1.54) is 83.8 Å². The van der Waals surface area contributed by atoms with Gasteiger partial charge in [-0.3, -0.25) is 4.90 Å². The highest BCUT2D eigenvalue weighted by Crippen LogP contribution is 2.34. The van der Waals surface area contributed by atoms with E-state index in [1.807, 2.05) is 0 Å². The Kier molecular flexibility index (Phi) is 4.58. The number of nitrogens with zero attached hydrogens (tertiary/aromatic N) is 1. The topological polar surface area (TPSA) is 15.3 Å². The third kappa shape index (κ3) is 2.91. The highest BCUT2D eigenvalue weighted by Gasteiger charge is 2.34. The Labute approximate surface area is 113 Å². The van der Waals surface area contributed by atoms with Gasteiger partial charge in [-0.2, -0.15) is 0 Å². The van der Waals surface area contributed by atoms with Crippen LogP contribution in [0.2, 0.25) is 0 Å². The molecule has 0 spiro atoms. The molecule has 0 aromatic heterocycles. The van der Waals surface area contributed by atoms with Gasteiger partial charge in [0.05, 0.1) is 0 Å². The summed E-state index contributed by atoms with van der Waals surface area (Å²) in [6.45, 7) is 3.93. The van der Waals surface area contributed by atoms with Crippen molar-refractivity contribution in [2.24, 2.45) is 5.92 Å². The minimum atomic E-state index is 0.928. The third-order valence-electron chi connectivity index (χ3n) is 5.56. The summed E-state index contributed by atoms with van der Waals surface area (Å²) in [6, 6.07) is 1.88. The molecule has 2 heterocycles. The summed E-state index contributed by atoms with van der Waals surface area (Å²) in [5.41, 5.74) is 0. The molecule has 1 saturated carbocycles. The standard InChI is InChI=1S/C16H30N2/c1-2-8-16(14-9-11-17-12-10-14)18(13-5-1)15-6-3-4-7-15/h14-17H,1-13H2. The summed E-state index contributed by atoms with van der Waals surface area (Å²) < 4.78 is 0. The van der Waals surface area contributed by atoms with Crippen molar-refractivity contribution in [3.63, 3.8) is 0 Å². The largest absolute Gasteiger partial charge is 0.317 e. The van der Waals surface area contributed by atoms with E-state index in [9.17, 15) is 0 Å². The molecule has 2 nitrogen and oxygen atoms in total. The van der Waals surface area contributed by atoms with Gasteiger partial charge in [-0.1, -0.05) is 25.7 Å². The fourth-order valence-electron chi connectivity index (χ4n) is 4.58. The summed E-state index contributed by atoms with van der Waals surface area (Å²) in [4.78, 5) is 2.97. The fraction of sp³-hybridized carbons (Fsp3) is 1.00. The van der Waals surface area contributed by atoms with Crippen molar-refractivity contribution in [2.45, 2.75) is 76.3 Å². The molecular weight excluding hydrogens is 220 g/mol. The smallest absolute Gasteiger partial charge is 0.0127 e. The Morgan fingerprint density at radius 3 is 2.22 bits per heavy atom. The maximum Gasteiger partial charge on any atom is 0.0127 e. The lowest BCUT2D eigenvalue weighted by Crippen LogP contribution is -2.48. The van der Waals surface area contributed by atoms with Crippen molar-refractivity contribution in [3.05, 3.63) is 0 Å². The Bertz CT molecular complexity index is 241. The van der Waals surface area contributed by atoms with Crippen LogP contribution >= 0.6 is 0 Å². The molecule has 1 atom stereocenters. The number of piperidine rings is 1. The van der Waals surface area contributed by atoms with Crippen molar-refractivity contribution in [3.8, 4) is 0 Å². The molecule has 3 rings (SSSR count). The highest BCUT2D eigenvalue weighted by atomic mass is 15.2. The van der Waals surface area contributed by atoms with Crippen LogP contribution in [0.5, 0.6) is 0 Å². The molecule has 0 bridgehead atoms.